The fourth-order valence-corrected chi connectivity index (χ4v) is 2.01. The molecule has 0 bridgehead atoms. The summed E-state index contributed by atoms with van der Waals surface area (Å²) in [6.45, 7) is 7.66. The molecule has 0 amide bonds. The van der Waals surface area contributed by atoms with E-state index in [0.717, 1.165) is 5.16 Å². The number of rotatable bonds is 4. The van der Waals surface area contributed by atoms with Gasteiger partial charge < -0.3 is 5.73 Å². The van der Waals surface area contributed by atoms with Crippen molar-refractivity contribution in [3.8, 4) is 0 Å². The van der Waals surface area contributed by atoms with Gasteiger partial charge in [0.1, 0.15) is 0 Å². The zero-order chi connectivity index (χ0) is 10.7. The molecule has 1 heterocycles. The van der Waals surface area contributed by atoms with E-state index in [1.165, 1.54) is 11.8 Å². The highest BCUT2D eigenvalue weighted by Crippen LogP contribution is 2.24. The van der Waals surface area contributed by atoms with Crippen molar-refractivity contribution < 1.29 is 0 Å². The molecule has 0 radical (unpaired) electrons. The molecular weight excluding hydrogens is 220 g/mol. The first-order valence-electron chi connectivity index (χ1n) is 4.18. The van der Waals surface area contributed by atoms with Gasteiger partial charge in [-0.2, -0.15) is 0 Å². The lowest BCUT2D eigenvalue weighted by Crippen LogP contribution is -2.07. The predicted octanol–water partition coefficient (Wildman–Crippen LogP) is 2.29. The summed E-state index contributed by atoms with van der Waals surface area (Å²) in [6.07, 6.45) is 0. The maximum Gasteiger partial charge on any atom is 0.222 e. The second-order valence-corrected chi connectivity index (χ2v) is 4.59. The van der Waals surface area contributed by atoms with E-state index < -0.39 is 0 Å². The number of nitrogen functional groups attached to an aromatic ring is 1. The molecule has 4 nitrogen and oxygen atoms in total. The van der Waals surface area contributed by atoms with E-state index >= 15 is 0 Å². The van der Waals surface area contributed by atoms with Crippen LogP contribution in [0.5, 0.6) is 0 Å². The molecule has 0 aromatic carbocycles. The van der Waals surface area contributed by atoms with Gasteiger partial charge in [0, 0.05) is 16.8 Å². The first kappa shape index (κ1) is 11.4. The molecule has 6 heteroatoms. The van der Waals surface area contributed by atoms with Crippen LogP contribution < -0.4 is 5.73 Å². The van der Waals surface area contributed by atoms with Crippen molar-refractivity contribution in [3.63, 3.8) is 0 Å². The Morgan fingerprint density at radius 3 is 2.79 bits per heavy atom. The van der Waals surface area contributed by atoms with Gasteiger partial charge in [-0.25, -0.2) is 0 Å². The largest absolute Gasteiger partial charge is 0.368 e. The van der Waals surface area contributed by atoms with Crippen LogP contribution in [0.1, 0.15) is 19.9 Å². The van der Waals surface area contributed by atoms with Crippen LogP contribution in [-0.4, -0.2) is 20.5 Å². The third kappa shape index (κ3) is 2.65. The van der Waals surface area contributed by atoms with Gasteiger partial charge in [0.05, 0.1) is 0 Å². The summed E-state index contributed by atoms with van der Waals surface area (Å²) >= 11 is 7.14. The molecule has 0 aliphatic carbocycles. The smallest absolute Gasteiger partial charge is 0.222 e. The highest BCUT2D eigenvalue weighted by Gasteiger charge is 2.12. The number of hydrogen-bond acceptors (Lipinski definition) is 4. The van der Waals surface area contributed by atoms with E-state index in [1.807, 2.05) is 18.4 Å². The fraction of sp³-hybridized carbons (Fsp3) is 0.500. The highest BCUT2D eigenvalue weighted by atomic mass is 35.5. The van der Waals surface area contributed by atoms with E-state index in [1.54, 1.807) is 0 Å². The Morgan fingerprint density at radius 1 is 1.64 bits per heavy atom. The minimum atomic E-state index is 0.246. The van der Waals surface area contributed by atoms with Crippen molar-refractivity contribution in [3.05, 3.63) is 11.6 Å². The molecule has 0 unspecified atom stereocenters. The molecule has 1 aromatic heterocycles. The van der Waals surface area contributed by atoms with Crippen LogP contribution in [-0.2, 0) is 0 Å². The summed E-state index contributed by atoms with van der Waals surface area (Å²) in [5.74, 6) is 1.05. The molecule has 0 aliphatic rings. The maximum absolute atomic E-state index is 5.67. The normalized spacial score (nSPS) is 10.9. The summed E-state index contributed by atoms with van der Waals surface area (Å²) in [7, 11) is 0. The summed E-state index contributed by atoms with van der Waals surface area (Å²) in [4.78, 5) is 0. The fourth-order valence-electron chi connectivity index (χ4n) is 1.02. The SMILES string of the molecule is C=C(Cl)CSc1nnc(N)n1C(C)C. The third-order valence-electron chi connectivity index (χ3n) is 1.57. The Kier molecular flexibility index (Phi) is 3.83. The number of nitrogens with zero attached hydrogens (tertiary/aromatic N) is 3. The lowest BCUT2D eigenvalue weighted by Gasteiger charge is -2.10. The zero-order valence-corrected chi connectivity index (χ0v) is 9.77. The molecule has 78 valence electrons. The number of halogens is 1. The van der Waals surface area contributed by atoms with Gasteiger partial charge >= 0.3 is 0 Å². The zero-order valence-electron chi connectivity index (χ0n) is 8.20. The van der Waals surface area contributed by atoms with Crippen LogP contribution in [0.25, 0.3) is 0 Å². The van der Waals surface area contributed by atoms with Gasteiger partial charge in [0.15, 0.2) is 5.16 Å². The van der Waals surface area contributed by atoms with Crippen molar-refractivity contribution in [2.75, 3.05) is 11.5 Å². The van der Waals surface area contributed by atoms with Gasteiger partial charge in [-0.3, -0.25) is 4.57 Å². The van der Waals surface area contributed by atoms with Crippen molar-refractivity contribution in [1.29, 1.82) is 0 Å². The van der Waals surface area contributed by atoms with Gasteiger partial charge in [0.2, 0.25) is 5.95 Å². The van der Waals surface area contributed by atoms with Crippen LogP contribution >= 0.6 is 23.4 Å². The summed E-state index contributed by atoms with van der Waals surface area (Å²) in [6, 6.07) is 0.246. The first-order chi connectivity index (χ1) is 6.52. The van der Waals surface area contributed by atoms with Crippen LogP contribution in [0.4, 0.5) is 5.95 Å². The molecule has 1 aromatic rings. The van der Waals surface area contributed by atoms with Crippen molar-refractivity contribution in [1.82, 2.24) is 14.8 Å². The standard InChI is InChI=1S/C8H13ClN4S/c1-5(2)13-7(10)11-12-8(13)14-4-6(3)9/h5H,3-4H2,1-2H3,(H2,10,11). The van der Waals surface area contributed by atoms with Crippen molar-refractivity contribution in [2.24, 2.45) is 0 Å². The number of thioether (sulfide) groups is 1. The quantitative estimate of drug-likeness (QED) is 0.810. The minimum Gasteiger partial charge on any atom is -0.368 e. The Bertz CT molecular complexity index is 334. The molecule has 0 spiro atoms. The second-order valence-electron chi connectivity index (χ2n) is 3.11. The Labute approximate surface area is 92.5 Å². The molecule has 0 saturated carbocycles. The van der Waals surface area contributed by atoms with E-state index in [4.69, 9.17) is 17.3 Å². The maximum atomic E-state index is 5.67. The molecule has 1 rings (SSSR count). The van der Waals surface area contributed by atoms with Crippen LogP contribution in [0.3, 0.4) is 0 Å². The summed E-state index contributed by atoms with van der Waals surface area (Å²) in [5, 5.41) is 9.14. The molecule has 0 saturated heterocycles. The van der Waals surface area contributed by atoms with Gasteiger partial charge in [-0.05, 0) is 13.8 Å². The van der Waals surface area contributed by atoms with Gasteiger partial charge in [-0.15, -0.1) is 10.2 Å². The first-order valence-corrected chi connectivity index (χ1v) is 5.55. The highest BCUT2D eigenvalue weighted by molar-refractivity contribution is 7.99. The van der Waals surface area contributed by atoms with Crippen LogP contribution in [0, 0.1) is 0 Å². The van der Waals surface area contributed by atoms with Crippen LogP contribution in [0.15, 0.2) is 16.8 Å². The van der Waals surface area contributed by atoms with E-state index in [9.17, 15) is 0 Å². The number of anilines is 1. The van der Waals surface area contributed by atoms with E-state index in [2.05, 4.69) is 16.8 Å². The van der Waals surface area contributed by atoms with Crippen molar-refractivity contribution in [2.45, 2.75) is 25.0 Å². The number of aromatic nitrogens is 3. The minimum absolute atomic E-state index is 0.246. The number of nitrogens with two attached hydrogens (primary N) is 1. The van der Waals surface area contributed by atoms with E-state index in [-0.39, 0.29) is 6.04 Å². The van der Waals surface area contributed by atoms with Crippen LogP contribution in [0.2, 0.25) is 0 Å². The van der Waals surface area contributed by atoms with E-state index in [0.29, 0.717) is 16.7 Å². The van der Waals surface area contributed by atoms with Gasteiger partial charge in [-0.1, -0.05) is 29.9 Å². The molecular formula is C8H13ClN4S. The third-order valence-corrected chi connectivity index (χ3v) is 2.89. The Morgan fingerprint density at radius 2 is 2.29 bits per heavy atom. The topological polar surface area (TPSA) is 56.7 Å². The monoisotopic (exact) mass is 232 g/mol. The average molecular weight is 233 g/mol. The second kappa shape index (κ2) is 4.70. The van der Waals surface area contributed by atoms with Gasteiger partial charge in [0.25, 0.3) is 0 Å². The Hall–Kier alpha value is -0.680. The summed E-state index contributed by atoms with van der Waals surface area (Å²) < 4.78 is 1.87. The lowest BCUT2D eigenvalue weighted by atomic mass is 10.4. The Balaban J connectivity index is 2.81. The molecule has 2 N–H and O–H groups in total. The molecule has 0 atom stereocenters. The summed E-state index contributed by atoms with van der Waals surface area (Å²) in [5.41, 5.74) is 5.67. The van der Waals surface area contributed by atoms with Crippen molar-refractivity contribution >= 4 is 29.3 Å². The molecule has 0 fully saturated rings. The lowest BCUT2D eigenvalue weighted by molar-refractivity contribution is 0.557. The average Bonchev–Trinajstić information content (AvgIpc) is 2.43. The molecule has 14 heavy (non-hydrogen) atoms. The predicted molar refractivity (Wildman–Crippen MR) is 60.5 cm³/mol. The number of hydrogen-bond donors (Lipinski definition) is 1. The molecule has 0 aliphatic heterocycles.